The van der Waals surface area contributed by atoms with Crippen LogP contribution in [-0.4, -0.2) is 9.97 Å². The highest BCUT2D eigenvalue weighted by molar-refractivity contribution is 5.34. The molecule has 0 saturated carbocycles. The van der Waals surface area contributed by atoms with Gasteiger partial charge in [-0.15, -0.1) is 0 Å². The first-order valence-corrected chi connectivity index (χ1v) is 4.91. The molecule has 3 nitrogen and oxygen atoms in total. The molecule has 2 rings (SSSR count). The number of hydrogen-bond acceptors (Lipinski definition) is 3. The van der Waals surface area contributed by atoms with Gasteiger partial charge in [0.15, 0.2) is 0 Å². The van der Waals surface area contributed by atoms with Crippen LogP contribution in [0.25, 0.3) is 0 Å². The van der Waals surface area contributed by atoms with E-state index >= 15 is 0 Å². The van der Waals surface area contributed by atoms with E-state index in [0.717, 1.165) is 23.6 Å². The molecule has 1 N–H and O–H groups in total. The van der Waals surface area contributed by atoms with E-state index in [9.17, 15) is 0 Å². The van der Waals surface area contributed by atoms with Crippen molar-refractivity contribution in [3.63, 3.8) is 0 Å². The molecule has 0 bridgehead atoms. The number of aryl methyl sites for hydroxylation is 1. The zero-order valence-electron chi connectivity index (χ0n) is 8.64. The second-order valence-corrected chi connectivity index (χ2v) is 3.38. The SMILES string of the molecule is Cc1ccc(CNc2ccccn2)cn1. The van der Waals surface area contributed by atoms with Crippen LogP contribution in [0.2, 0.25) is 0 Å². The lowest BCUT2D eigenvalue weighted by Crippen LogP contribution is -2.01. The molecule has 2 aromatic heterocycles. The molecule has 0 aliphatic carbocycles. The van der Waals surface area contributed by atoms with Crippen LogP contribution >= 0.6 is 0 Å². The predicted molar refractivity (Wildman–Crippen MR) is 60.5 cm³/mol. The summed E-state index contributed by atoms with van der Waals surface area (Å²) >= 11 is 0. The first-order valence-electron chi connectivity index (χ1n) is 4.91. The van der Waals surface area contributed by atoms with Crippen molar-refractivity contribution in [1.82, 2.24) is 9.97 Å². The number of pyridine rings is 2. The summed E-state index contributed by atoms with van der Waals surface area (Å²) in [6.07, 6.45) is 3.65. The third-order valence-electron chi connectivity index (χ3n) is 2.11. The summed E-state index contributed by atoms with van der Waals surface area (Å²) < 4.78 is 0. The quantitative estimate of drug-likeness (QED) is 0.824. The zero-order chi connectivity index (χ0) is 10.5. The second-order valence-electron chi connectivity index (χ2n) is 3.38. The average molecular weight is 199 g/mol. The van der Waals surface area contributed by atoms with Crippen molar-refractivity contribution in [2.45, 2.75) is 13.5 Å². The van der Waals surface area contributed by atoms with Crippen molar-refractivity contribution in [3.8, 4) is 0 Å². The third kappa shape index (κ3) is 2.77. The lowest BCUT2D eigenvalue weighted by atomic mass is 10.2. The monoisotopic (exact) mass is 199 g/mol. The van der Waals surface area contributed by atoms with Crippen molar-refractivity contribution >= 4 is 5.82 Å². The van der Waals surface area contributed by atoms with E-state index in [0.29, 0.717) is 0 Å². The molecule has 0 radical (unpaired) electrons. The van der Waals surface area contributed by atoms with E-state index in [1.165, 1.54) is 0 Å². The summed E-state index contributed by atoms with van der Waals surface area (Å²) in [5.41, 5.74) is 2.20. The Hall–Kier alpha value is -1.90. The number of aromatic nitrogens is 2. The molecule has 0 spiro atoms. The molecule has 0 aliphatic rings. The molecule has 0 amide bonds. The summed E-state index contributed by atoms with van der Waals surface area (Å²) in [7, 11) is 0. The zero-order valence-corrected chi connectivity index (χ0v) is 8.64. The van der Waals surface area contributed by atoms with Gasteiger partial charge in [-0.2, -0.15) is 0 Å². The van der Waals surface area contributed by atoms with E-state index in [-0.39, 0.29) is 0 Å². The van der Waals surface area contributed by atoms with Gasteiger partial charge in [0.2, 0.25) is 0 Å². The highest BCUT2D eigenvalue weighted by atomic mass is 15.0. The molecule has 0 aliphatic heterocycles. The molecule has 0 aromatic carbocycles. The van der Waals surface area contributed by atoms with Gasteiger partial charge in [-0.25, -0.2) is 4.98 Å². The Bertz CT molecular complexity index is 409. The number of nitrogens with one attached hydrogen (secondary N) is 1. The molecular formula is C12H13N3. The Morgan fingerprint density at radius 2 is 2.07 bits per heavy atom. The van der Waals surface area contributed by atoms with Crippen molar-refractivity contribution < 1.29 is 0 Å². The number of nitrogens with zero attached hydrogens (tertiary/aromatic N) is 2. The normalized spacial score (nSPS) is 9.93. The van der Waals surface area contributed by atoms with Crippen LogP contribution < -0.4 is 5.32 Å². The summed E-state index contributed by atoms with van der Waals surface area (Å²) in [4.78, 5) is 8.41. The number of hydrogen-bond donors (Lipinski definition) is 1. The summed E-state index contributed by atoms with van der Waals surface area (Å²) in [5.74, 6) is 0.887. The van der Waals surface area contributed by atoms with Gasteiger partial charge in [0, 0.05) is 24.6 Å². The third-order valence-corrected chi connectivity index (χ3v) is 2.11. The molecule has 15 heavy (non-hydrogen) atoms. The van der Waals surface area contributed by atoms with E-state index in [1.807, 2.05) is 37.4 Å². The van der Waals surface area contributed by atoms with Gasteiger partial charge in [-0.05, 0) is 30.7 Å². The van der Waals surface area contributed by atoms with Crippen LogP contribution in [0.15, 0.2) is 42.7 Å². The molecular weight excluding hydrogens is 186 g/mol. The fraction of sp³-hybridized carbons (Fsp3) is 0.167. The number of anilines is 1. The van der Waals surface area contributed by atoms with Crippen molar-refractivity contribution in [3.05, 3.63) is 54.0 Å². The van der Waals surface area contributed by atoms with Gasteiger partial charge >= 0.3 is 0 Å². The Labute approximate surface area is 89.2 Å². The van der Waals surface area contributed by atoms with Crippen LogP contribution in [0.4, 0.5) is 5.82 Å². The van der Waals surface area contributed by atoms with E-state index in [4.69, 9.17) is 0 Å². The van der Waals surface area contributed by atoms with E-state index in [1.54, 1.807) is 6.20 Å². The van der Waals surface area contributed by atoms with Crippen LogP contribution in [-0.2, 0) is 6.54 Å². The lowest BCUT2D eigenvalue weighted by Gasteiger charge is -2.04. The van der Waals surface area contributed by atoms with Crippen molar-refractivity contribution in [2.75, 3.05) is 5.32 Å². The Kier molecular flexibility index (Phi) is 2.93. The van der Waals surface area contributed by atoms with Crippen LogP contribution in [0.1, 0.15) is 11.3 Å². The molecule has 2 aromatic rings. The standard InChI is InChI=1S/C12H13N3/c1-10-5-6-11(8-14-10)9-15-12-4-2-3-7-13-12/h2-8H,9H2,1H3,(H,13,15). The largest absolute Gasteiger partial charge is 0.366 e. The maximum atomic E-state index is 4.23. The summed E-state index contributed by atoms with van der Waals surface area (Å²) in [5, 5.41) is 3.23. The summed E-state index contributed by atoms with van der Waals surface area (Å²) in [6.45, 7) is 2.74. The maximum absolute atomic E-state index is 4.23. The van der Waals surface area contributed by atoms with Gasteiger partial charge in [0.1, 0.15) is 5.82 Å². The van der Waals surface area contributed by atoms with Gasteiger partial charge < -0.3 is 5.32 Å². The minimum atomic E-state index is 0.754. The van der Waals surface area contributed by atoms with Crippen molar-refractivity contribution in [1.29, 1.82) is 0 Å². The minimum absolute atomic E-state index is 0.754. The summed E-state index contributed by atoms with van der Waals surface area (Å²) in [6, 6.07) is 9.89. The molecule has 0 saturated heterocycles. The molecule has 76 valence electrons. The first kappa shape index (κ1) is 9.65. The average Bonchev–Trinajstić information content (AvgIpc) is 2.30. The molecule has 3 heteroatoms. The molecule has 2 heterocycles. The van der Waals surface area contributed by atoms with Crippen LogP contribution in [0, 0.1) is 6.92 Å². The maximum Gasteiger partial charge on any atom is 0.126 e. The smallest absolute Gasteiger partial charge is 0.126 e. The predicted octanol–water partition coefficient (Wildman–Crippen LogP) is 2.40. The van der Waals surface area contributed by atoms with Crippen LogP contribution in [0.3, 0.4) is 0 Å². The number of rotatable bonds is 3. The Morgan fingerprint density at radius 3 is 2.73 bits per heavy atom. The topological polar surface area (TPSA) is 37.8 Å². The van der Waals surface area contributed by atoms with Gasteiger partial charge in [0.25, 0.3) is 0 Å². The highest BCUT2D eigenvalue weighted by Crippen LogP contribution is 2.04. The van der Waals surface area contributed by atoms with Crippen molar-refractivity contribution in [2.24, 2.45) is 0 Å². The minimum Gasteiger partial charge on any atom is -0.366 e. The van der Waals surface area contributed by atoms with Gasteiger partial charge in [-0.1, -0.05) is 12.1 Å². The van der Waals surface area contributed by atoms with E-state index < -0.39 is 0 Å². The Morgan fingerprint density at radius 1 is 1.13 bits per heavy atom. The second kappa shape index (κ2) is 4.55. The first-order chi connectivity index (χ1) is 7.34. The van der Waals surface area contributed by atoms with Gasteiger partial charge in [0.05, 0.1) is 0 Å². The lowest BCUT2D eigenvalue weighted by molar-refractivity contribution is 1.07. The fourth-order valence-electron chi connectivity index (χ4n) is 1.26. The molecule has 0 unspecified atom stereocenters. The molecule has 0 atom stereocenters. The Balaban J connectivity index is 1.96. The van der Waals surface area contributed by atoms with Gasteiger partial charge in [-0.3, -0.25) is 4.98 Å². The van der Waals surface area contributed by atoms with Crippen LogP contribution in [0.5, 0.6) is 0 Å². The van der Waals surface area contributed by atoms with E-state index in [2.05, 4.69) is 21.4 Å². The highest BCUT2D eigenvalue weighted by Gasteiger charge is 1.94. The fourth-order valence-corrected chi connectivity index (χ4v) is 1.26. The molecule has 0 fully saturated rings.